The van der Waals surface area contributed by atoms with Gasteiger partial charge in [0.25, 0.3) is 0 Å². The highest BCUT2D eigenvalue weighted by Gasteiger charge is 2.30. The van der Waals surface area contributed by atoms with Gasteiger partial charge in [0.2, 0.25) is 5.69 Å². The number of fused-ring (bicyclic) bond motifs is 5. The number of aryl methyl sites for hydroxylation is 3. The van der Waals surface area contributed by atoms with E-state index in [2.05, 4.69) is 77.7 Å². The van der Waals surface area contributed by atoms with E-state index in [9.17, 15) is 0 Å². The topological polar surface area (TPSA) is 21.7 Å². The minimum Gasteiger partial charge on any atom is -0.303 e. The van der Waals surface area contributed by atoms with E-state index < -0.39 is 0 Å². The molecule has 2 aliphatic rings. The standard InChI is InChI=1S/C28H30N3/c1-18-17-30(3)25(15-21(18)14-20-8-4-5-9-20)27-19(2)22-10-6-7-11-23(22)28-24(27)16-26-29-12-13-31(26)28/h6-7,10-13,15,17,20H,4-5,8-9,14,16H2,1-3H3/q+1. The van der Waals surface area contributed by atoms with Crippen molar-refractivity contribution in [2.24, 2.45) is 13.0 Å². The Hall–Kier alpha value is -2.94. The quantitative estimate of drug-likeness (QED) is 0.347. The fraction of sp³-hybridized carbons (Fsp3) is 0.357. The van der Waals surface area contributed by atoms with E-state index in [4.69, 9.17) is 0 Å². The van der Waals surface area contributed by atoms with Crippen LogP contribution < -0.4 is 4.57 Å². The summed E-state index contributed by atoms with van der Waals surface area (Å²) in [6, 6.07) is 11.3. The van der Waals surface area contributed by atoms with E-state index in [1.807, 2.05) is 6.20 Å². The molecule has 4 aromatic rings. The predicted molar refractivity (Wildman–Crippen MR) is 126 cm³/mol. The Bertz CT molecular complexity index is 1320. The van der Waals surface area contributed by atoms with E-state index in [-0.39, 0.29) is 0 Å². The van der Waals surface area contributed by atoms with Crippen LogP contribution in [0.3, 0.4) is 0 Å². The van der Waals surface area contributed by atoms with Crippen LogP contribution in [0.15, 0.2) is 48.9 Å². The van der Waals surface area contributed by atoms with Gasteiger partial charge >= 0.3 is 0 Å². The molecule has 3 nitrogen and oxygen atoms in total. The van der Waals surface area contributed by atoms with Gasteiger partial charge in [0.1, 0.15) is 12.9 Å². The smallest absolute Gasteiger partial charge is 0.213 e. The van der Waals surface area contributed by atoms with Gasteiger partial charge in [-0.3, -0.25) is 0 Å². The first kappa shape index (κ1) is 18.8. The molecule has 2 aromatic carbocycles. The number of imidazole rings is 1. The number of benzene rings is 2. The molecule has 156 valence electrons. The Morgan fingerprint density at radius 2 is 1.87 bits per heavy atom. The average Bonchev–Trinajstić information content (AvgIpc) is 3.49. The third-order valence-electron chi connectivity index (χ3n) is 7.67. The molecule has 0 amide bonds. The Labute approximate surface area is 184 Å². The van der Waals surface area contributed by atoms with E-state index in [0.717, 1.165) is 18.2 Å². The minimum atomic E-state index is 0.854. The van der Waals surface area contributed by atoms with Crippen molar-refractivity contribution < 1.29 is 4.57 Å². The van der Waals surface area contributed by atoms with Gasteiger partial charge in [0, 0.05) is 35.8 Å². The highest BCUT2D eigenvalue weighted by Crippen LogP contribution is 2.42. The highest BCUT2D eigenvalue weighted by molar-refractivity contribution is 6.00. The molecule has 3 heteroatoms. The van der Waals surface area contributed by atoms with Crippen molar-refractivity contribution in [1.82, 2.24) is 9.55 Å². The lowest BCUT2D eigenvalue weighted by Gasteiger charge is -2.17. The summed E-state index contributed by atoms with van der Waals surface area (Å²) >= 11 is 0. The van der Waals surface area contributed by atoms with E-state index >= 15 is 0 Å². The molecule has 0 saturated heterocycles. The molecular formula is C28H30N3+. The van der Waals surface area contributed by atoms with Crippen LogP contribution in [0.5, 0.6) is 0 Å². The summed E-state index contributed by atoms with van der Waals surface area (Å²) in [6.45, 7) is 4.58. The number of hydrogen-bond acceptors (Lipinski definition) is 1. The lowest BCUT2D eigenvalue weighted by molar-refractivity contribution is -0.660. The zero-order valence-electron chi connectivity index (χ0n) is 18.8. The molecule has 1 saturated carbocycles. The molecule has 1 fully saturated rings. The largest absolute Gasteiger partial charge is 0.303 e. The summed E-state index contributed by atoms with van der Waals surface area (Å²) in [5.74, 6) is 2.00. The lowest BCUT2D eigenvalue weighted by Crippen LogP contribution is -2.32. The minimum absolute atomic E-state index is 0.854. The summed E-state index contributed by atoms with van der Waals surface area (Å²) in [5, 5.41) is 2.67. The van der Waals surface area contributed by atoms with Crippen molar-refractivity contribution in [3.05, 3.63) is 77.0 Å². The summed E-state index contributed by atoms with van der Waals surface area (Å²) in [5.41, 5.74) is 9.80. The van der Waals surface area contributed by atoms with Gasteiger partial charge in [-0.05, 0) is 48.3 Å². The predicted octanol–water partition coefficient (Wildman–Crippen LogP) is 5.77. The maximum Gasteiger partial charge on any atom is 0.213 e. The average molecular weight is 409 g/mol. The van der Waals surface area contributed by atoms with Crippen molar-refractivity contribution in [2.45, 2.75) is 52.4 Å². The Kier molecular flexibility index (Phi) is 4.27. The maximum atomic E-state index is 4.66. The second kappa shape index (κ2) is 7.05. The SMILES string of the molecule is Cc1c[n+](C)c(-c2c3c(c4ccccc4c2C)-n2ccnc2C3)cc1CC1CCCC1. The second-order valence-electron chi connectivity index (χ2n) is 9.60. The van der Waals surface area contributed by atoms with Gasteiger partial charge in [-0.25, -0.2) is 9.55 Å². The summed E-state index contributed by atoms with van der Waals surface area (Å²) < 4.78 is 4.64. The molecule has 0 atom stereocenters. The Morgan fingerprint density at radius 1 is 1.10 bits per heavy atom. The first-order valence-electron chi connectivity index (χ1n) is 11.7. The van der Waals surface area contributed by atoms with Gasteiger partial charge in [-0.15, -0.1) is 0 Å². The Balaban J connectivity index is 1.60. The van der Waals surface area contributed by atoms with Gasteiger partial charge in [-0.1, -0.05) is 49.9 Å². The second-order valence-corrected chi connectivity index (χ2v) is 9.60. The molecule has 0 N–H and O–H groups in total. The van der Waals surface area contributed by atoms with E-state index in [1.54, 1.807) is 0 Å². The lowest BCUT2D eigenvalue weighted by atomic mass is 9.88. The summed E-state index contributed by atoms with van der Waals surface area (Å²) in [4.78, 5) is 4.66. The summed E-state index contributed by atoms with van der Waals surface area (Å²) in [7, 11) is 2.20. The van der Waals surface area contributed by atoms with Crippen molar-refractivity contribution in [3.63, 3.8) is 0 Å². The van der Waals surface area contributed by atoms with Crippen LogP contribution in [0.2, 0.25) is 0 Å². The molecule has 0 unspecified atom stereocenters. The molecule has 1 aliphatic heterocycles. The number of rotatable bonds is 3. The fourth-order valence-corrected chi connectivity index (χ4v) is 6.10. The molecule has 0 radical (unpaired) electrons. The van der Waals surface area contributed by atoms with Gasteiger partial charge in [0.15, 0.2) is 6.20 Å². The monoisotopic (exact) mass is 408 g/mol. The van der Waals surface area contributed by atoms with Crippen LogP contribution in [-0.4, -0.2) is 9.55 Å². The fourth-order valence-electron chi connectivity index (χ4n) is 6.10. The molecule has 0 bridgehead atoms. The van der Waals surface area contributed by atoms with Crippen LogP contribution >= 0.6 is 0 Å². The summed E-state index contributed by atoms with van der Waals surface area (Å²) in [6.07, 6.45) is 14.1. The molecule has 3 heterocycles. The number of hydrogen-bond donors (Lipinski definition) is 0. The third-order valence-corrected chi connectivity index (χ3v) is 7.67. The first-order chi connectivity index (χ1) is 15.1. The van der Waals surface area contributed by atoms with Crippen LogP contribution in [0, 0.1) is 19.8 Å². The number of nitrogens with zero attached hydrogens (tertiary/aromatic N) is 3. The molecule has 1 aliphatic carbocycles. The third kappa shape index (κ3) is 2.86. The van der Waals surface area contributed by atoms with Crippen LogP contribution in [-0.2, 0) is 19.9 Å². The van der Waals surface area contributed by atoms with Crippen LogP contribution in [0.25, 0.3) is 27.7 Å². The van der Waals surface area contributed by atoms with Crippen molar-refractivity contribution >= 4 is 10.8 Å². The normalized spacial score (nSPS) is 15.6. The highest BCUT2D eigenvalue weighted by atomic mass is 15.1. The van der Waals surface area contributed by atoms with Gasteiger partial charge in [-0.2, -0.15) is 0 Å². The first-order valence-corrected chi connectivity index (χ1v) is 11.7. The zero-order chi connectivity index (χ0) is 21.1. The van der Waals surface area contributed by atoms with E-state index in [0.29, 0.717) is 0 Å². The van der Waals surface area contributed by atoms with Crippen LogP contribution in [0.1, 0.15) is 53.8 Å². The van der Waals surface area contributed by atoms with Crippen molar-refractivity contribution in [3.8, 4) is 16.9 Å². The maximum absolute atomic E-state index is 4.66. The molecule has 0 spiro atoms. The van der Waals surface area contributed by atoms with Crippen LogP contribution in [0.4, 0.5) is 0 Å². The molecule has 2 aromatic heterocycles. The molecule has 6 rings (SSSR count). The Morgan fingerprint density at radius 3 is 2.68 bits per heavy atom. The zero-order valence-corrected chi connectivity index (χ0v) is 18.8. The van der Waals surface area contributed by atoms with Gasteiger partial charge < -0.3 is 4.57 Å². The van der Waals surface area contributed by atoms with Crippen molar-refractivity contribution in [2.75, 3.05) is 0 Å². The van der Waals surface area contributed by atoms with Crippen molar-refractivity contribution in [1.29, 1.82) is 0 Å². The number of pyridine rings is 1. The van der Waals surface area contributed by atoms with Gasteiger partial charge in [0.05, 0.1) is 11.3 Å². The molecule has 31 heavy (non-hydrogen) atoms. The molecular weight excluding hydrogens is 378 g/mol. The number of aromatic nitrogens is 3. The van der Waals surface area contributed by atoms with E-state index in [1.165, 1.54) is 82.1 Å².